The van der Waals surface area contributed by atoms with E-state index in [1.165, 1.54) is 0 Å². The lowest BCUT2D eigenvalue weighted by Crippen LogP contribution is -2.14. The van der Waals surface area contributed by atoms with Crippen LogP contribution in [-0.2, 0) is 0 Å². The van der Waals surface area contributed by atoms with Crippen molar-refractivity contribution in [2.75, 3.05) is 6.54 Å². The van der Waals surface area contributed by atoms with Crippen molar-refractivity contribution in [1.29, 1.82) is 0 Å². The van der Waals surface area contributed by atoms with Crippen LogP contribution in [0.5, 0.6) is 0 Å². The summed E-state index contributed by atoms with van der Waals surface area (Å²) in [7, 11) is 0. The number of rotatable bonds is 4. The number of ketones is 1. The zero-order chi connectivity index (χ0) is 8.97. The third-order valence-corrected chi connectivity index (χ3v) is 2.46. The molecule has 0 saturated heterocycles. The van der Waals surface area contributed by atoms with E-state index in [2.05, 4.69) is 0 Å². The van der Waals surface area contributed by atoms with Crippen molar-refractivity contribution in [1.82, 2.24) is 0 Å². The van der Waals surface area contributed by atoms with E-state index in [4.69, 9.17) is 5.73 Å². The minimum absolute atomic E-state index is 0.203. The van der Waals surface area contributed by atoms with Crippen LogP contribution in [0.15, 0.2) is 16.8 Å². The Kier molecular flexibility index (Phi) is 3.44. The van der Waals surface area contributed by atoms with Crippen LogP contribution in [-0.4, -0.2) is 12.3 Å². The first-order valence-corrected chi connectivity index (χ1v) is 4.93. The third-order valence-electron chi connectivity index (χ3n) is 1.78. The van der Waals surface area contributed by atoms with Gasteiger partial charge in [0, 0.05) is 17.4 Å². The molecule has 1 heterocycles. The molecule has 12 heavy (non-hydrogen) atoms. The van der Waals surface area contributed by atoms with Gasteiger partial charge in [-0.3, -0.25) is 4.79 Å². The molecular weight excluding hydrogens is 170 g/mol. The molecule has 0 bridgehead atoms. The van der Waals surface area contributed by atoms with Gasteiger partial charge in [0.15, 0.2) is 5.78 Å². The monoisotopic (exact) mass is 183 g/mol. The molecule has 1 aromatic heterocycles. The molecule has 2 N–H and O–H groups in total. The van der Waals surface area contributed by atoms with Gasteiger partial charge in [-0.15, -0.1) is 0 Å². The third kappa shape index (κ3) is 2.43. The van der Waals surface area contributed by atoms with Crippen molar-refractivity contribution >= 4 is 17.1 Å². The largest absolute Gasteiger partial charge is 0.330 e. The van der Waals surface area contributed by atoms with Gasteiger partial charge in [0.05, 0.1) is 0 Å². The molecule has 0 fully saturated rings. The fourth-order valence-electron chi connectivity index (χ4n) is 0.941. The van der Waals surface area contributed by atoms with E-state index in [-0.39, 0.29) is 11.7 Å². The summed E-state index contributed by atoms with van der Waals surface area (Å²) in [6.07, 6.45) is 0.563. The van der Waals surface area contributed by atoms with Crippen LogP contribution in [0.3, 0.4) is 0 Å². The van der Waals surface area contributed by atoms with Gasteiger partial charge >= 0.3 is 0 Å². The van der Waals surface area contributed by atoms with E-state index in [9.17, 15) is 4.79 Å². The van der Waals surface area contributed by atoms with Gasteiger partial charge in [-0.2, -0.15) is 11.3 Å². The van der Waals surface area contributed by atoms with Crippen LogP contribution in [0.4, 0.5) is 0 Å². The highest BCUT2D eigenvalue weighted by molar-refractivity contribution is 7.08. The lowest BCUT2D eigenvalue weighted by Gasteiger charge is -2.04. The molecule has 0 aliphatic heterocycles. The number of carbonyl (C=O) groups is 1. The number of hydrogen-bond acceptors (Lipinski definition) is 3. The van der Waals surface area contributed by atoms with Crippen LogP contribution in [0.1, 0.15) is 23.7 Å². The quantitative estimate of drug-likeness (QED) is 0.725. The van der Waals surface area contributed by atoms with Gasteiger partial charge in [0.25, 0.3) is 0 Å². The Balaban J connectivity index is 2.50. The van der Waals surface area contributed by atoms with Gasteiger partial charge in [0.1, 0.15) is 0 Å². The van der Waals surface area contributed by atoms with Crippen LogP contribution in [0.2, 0.25) is 0 Å². The molecule has 3 heteroatoms. The number of nitrogens with two attached hydrogens (primary N) is 1. The fraction of sp³-hybridized carbons (Fsp3) is 0.444. The highest BCUT2D eigenvalue weighted by Crippen LogP contribution is 2.11. The molecule has 0 spiro atoms. The van der Waals surface area contributed by atoms with E-state index < -0.39 is 0 Å². The Bertz CT molecular complexity index is 243. The Morgan fingerprint density at radius 2 is 2.50 bits per heavy atom. The van der Waals surface area contributed by atoms with E-state index in [1.807, 2.05) is 23.8 Å². The molecule has 1 rings (SSSR count). The van der Waals surface area contributed by atoms with Gasteiger partial charge in [0.2, 0.25) is 0 Å². The molecule has 0 aliphatic carbocycles. The van der Waals surface area contributed by atoms with E-state index in [1.54, 1.807) is 11.3 Å². The van der Waals surface area contributed by atoms with E-state index >= 15 is 0 Å². The van der Waals surface area contributed by atoms with Crippen molar-refractivity contribution in [3.8, 4) is 0 Å². The Hall–Kier alpha value is -0.670. The van der Waals surface area contributed by atoms with E-state index in [0.29, 0.717) is 13.0 Å². The molecule has 0 amide bonds. The maximum atomic E-state index is 11.4. The van der Waals surface area contributed by atoms with Gasteiger partial charge in [-0.1, -0.05) is 6.92 Å². The van der Waals surface area contributed by atoms with Gasteiger partial charge in [-0.25, -0.2) is 0 Å². The standard InChI is InChI=1S/C9H13NOS/c1-7(5-10)4-9(11)8-2-3-12-6-8/h2-3,6-7H,4-5,10H2,1H3. The summed E-state index contributed by atoms with van der Waals surface area (Å²) < 4.78 is 0. The minimum Gasteiger partial charge on any atom is -0.330 e. The molecule has 0 saturated carbocycles. The number of hydrogen-bond donors (Lipinski definition) is 1. The SMILES string of the molecule is CC(CN)CC(=O)c1ccsc1. The Labute approximate surface area is 76.4 Å². The zero-order valence-corrected chi connectivity index (χ0v) is 7.93. The lowest BCUT2D eigenvalue weighted by molar-refractivity contribution is 0.0966. The second-order valence-electron chi connectivity index (χ2n) is 2.98. The lowest BCUT2D eigenvalue weighted by atomic mass is 10.0. The first-order chi connectivity index (χ1) is 5.74. The Morgan fingerprint density at radius 3 is 3.00 bits per heavy atom. The van der Waals surface area contributed by atoms with Crippen molar-refractivity contribution in [3.05, 3.63) is 22.4 Å². The Morgan fingerprint density at radius 1 is 1.75 bits per heavy atom. The second kappa shape index (κ2) is 4.38. The van der Waals surface area contributed by atoms with Crippen molar-refractivity contribution in [2.45, 2.75) is 13.3 Å². The summed E-state index contributed by atoms with van der Waals surface area (Å²) in [5.41, 5.74) is 6.24. The van der Waals surface area contributed by atoms with Crippen LogP contribution in [0, 0.1) is 5.92 Å². The highest BCUT2D eigenvalue weighted by Gasteiger charge is 2.09. The molecule has 0 aromatic carbocycles. The highest BCUT2D eigenvalue weighted by atomic mass is 32.1. The summed E-state index contributed by atoms with van der Waals surface area (Å²) in [5, 5.41) is 3.80. The topological polar surface area (TPSA) is 43.1 Å². The molecule has 1 aromatic rings. The first kappa shape index (κ1) is 9.42. The summed E-state index contributed by atoms with van der Waals surface area (Å²) >= 11 is 1.55. The second-order valence-corrected chi connectivity index (χ2v) is 3.76. The predicted molar refractivity (Wildman–Crippen MR) is 51.5 cm³/mol. The maximum Gasteiger partial charge on any atom is 0.164 e. The summed E-state index contributed by atoms with van der Waals surface area (Å²) in [6.45, 7) is 2.57. The zero-order valence-electron chi connectivity index (χ0n) is 7.12. The molecule has 2 nitrogen and oxygen atoms in total. The molecule has 66 valence electrons. The smallest absolute Gasteiger partial charge is 0.164 e. The van der Waals surface area contributed by atoms with E-state index in [0.717, 1.165) is 5.56 Å². The maximum absolute atomic E-state index is 11.4. The fourth-order valence-corrected chi connectivity index (χ4v) is 1.60. The van der Waals surface area contributed by atoms with Crippen LogP contribution >= 0.6 is 11.3 Å². The van der Waals surface area contributed by atoms with Gasteiger partial charge in [-0.05, 0) is 23.9 Å². The van der Waals surface area contributed by atoms with Crippen molar-refractivity contribution in [2.24, 2.45) is 11.7 Å². The molecular formula is C9H13NOS. The van der Waals surface area contributed by atoms with Crippen LogP contribution in [0.25, 0.3) is 0 Å². The van der Waals surface area contributed by atoms with Gasteiger partial charge < -0.3 is 5.73 Å². The first-order valence-electron chi connectivity index (χ1n) is 3.99. The average Bonchev–Trinajstić information content (AvgIpc) is 2.56. The number of Topliss-reactive ketones (excluding diaryl/α,β-unsaturated/α-hetero) is 1. The average molecular weight is 183 g/mol. The number of carbonyl (C=O) groups excluding carboxylic acids is 1. The minimum atomic E-state index is 0.203. The van der Waals surface area contributed by atoms with Crippen molar-refractivity contribution in [3.63, 3.8) is 0 Å². The van der Waals surface area contributed by atoms with Crippen molar-refractivity contribution < 1.29 is 4.79 Å². The molecule has 1 unspecified atom stereocenters. The summed E-state index contributed by atoms with van der Waals surface area (Å²) in [5.74, 6) is 0.492. The van der Waals surface area contributed by atoms with Crippen LogP contribution < -0.4 is 5.73 Å². The molecule has 0 aliphatic rings. The predicted octanol–water partition coefficient (Wildman–Crippen LogP) is 1.92. The molecule has 1 atom stereocenters. The normalized spacial score (nSPS) is 12.8. The molecule has 0 radical (unpaired) electrons. The summed E-state index contributed by atoms with van der Waals surface area (Å²) in [4.78, 5) is 11.4. The summed E-state index contributed by atoms with van der Waals surface area (Å²) in [6, 6.07) is 1.86. The number of thiophene rings is 1.